The van der Waals surface area contributed by atoms with Crippen LogP contribution in [0.15, 0.2) is 244 Å². The van der Waals surface area contributed by atoms with Gasteiger partial charge in [0.25, 0.3) is 0 Å². The number of benzene rings is 10. The summed E-state index contributed by atoms with van der Waals surface area (Å²) in [5.74, 6) is 0. The maximum atomic E-state index is 4.02. The zero-order valence-electron chi connectivity index (χ0n) is 46.0. The topological polar surface area (TPSA) is 8.17 Å². The second-order valence-corrected chi connectivity index (χ2v) is 21.7. The second kappa shape index (κ2) is 22.7. The summed E-state index contributed by atoms with van der Waals surface area (Å²) in [5.41, 5.74) is 24.4. The van der Waals surface area contributed by atoms with Gasteiger partial charge >= 0.3 is 0 Å². The molecule has 0 atom stereocenters. The first-order valence-electron chi connectivity index (χ1n) is 28.9. The van der Waals surface area contributed by atoms with E-state index in [2.05, 4.69) is 267 Å². The fourth-order valence-electron chi connectivity index (χ4n) is 12.9. The average Bonchev–Trinajstić information content (AvgIpc) is 4.22. The second-order valence-electron chi connectivity index (χ2n) is 21.7. The molecule has 0 unspecified atom stereocenters. The van der Waals surface area contributed by atoms with Gasteiger partial charge in [0.05, 0.1) is 22.4 Å². The minimum Gasteiger partial charge on any atom is -0.309 e. The van der Waals surface area contributed by atoms with Crippen molar-refractivity contribution in [2.75, 3.05) is 4.90 Å². The molecule has 388 valence electrons. The highest BCUT2D eigenvalue weighted by Crippen LogP contribution is 2.57. The summed E-state index contributed by atoms with van der Waals surface area (Å²) >= 11 is 0. The van der Waals surface area contributed by atoms with Crippen molar-refractivity contribution in [2.45, 2.75) is 83.5 Å². The standard InChI is InChI=1S/C77H70N2/c1-5-9-11-23-49-77(50-24-12-10-6-2)71-53-63(78(73-31-21-19-29-65(73)59-25-15-13-16-26-59)74-32-22-20-30-66(74)60-27-17-14-18-28-60)43-45-67(71)68-46-44-64(54-72(68)77)79-75-47-41-61(57-37-33-55(7-3)34-38-57)51-69(75)70-52-62(42-48-76(70)79)58-39-35-56(8-4)36-40-58/h7-8,13-22,25-48,51-54H,3-6,9-12,23-24,49-50H2,1-2H3. The number of anilines is 3. The summed E-state index contributed by atoms with van der Waals surface area (Å²) in [7, 11) is 0. The molecule has 0 aliphatic heterocycles. The minimum absolute atomic E-state index is 0.198. The van der Waals surface area contributed by atoms with E-state index in [9.17, 15) is 0 Å². The van der Waals surface area contributed by atoms with Gasteiger partial charge in [-0.05, 0) is 140 Å². The lowest BCUT2D eigenvalue weighted by Gasteiger charge is -2.35. The van der Waals surface area contributed by atoms with E-state index in [0.717, 1.165) is 35.3 Å². The fourth-order valence-corrected chi connectivity index (χ4v) is 12.9. The Bertz CT molecular complexity index is 3750. The lowest BCUT2D eigenvalue weighted by Crippen LogP contribution is -2.26. The van der Waals surface area contributed by atoms with Crippen LogP contribution in [0.5, 0.6) is 0 Å². The van der Waals surface area contributed by atoms with Gasteiger partial charge in [0.15, 0.2) is 0 Å². The molecule has 0 amide bonds. The van der Waals surface area contributed by atoms with Gasteiger partial charge in [0, 0.05) is 38.7 Å². The summed E-state index contributed by atoms with van der Waals surface area (Å²) in [4.78, 5) is 2.56. The Kier molecular flexibility index (Phi) is 14.7. The monoisotopic (exact) mass is 1020 g/mol. The lowest BCUT2D eigenvalue weighted by atomic mass is 9.70. The number of para-hydroxylation sites is 2. The van der Waals surface area contributed by atoms with Gasteiger partial charge in [-0.15, -0.1) is 0 Å². The van der Waals surface area contributed by atoms with Gasteiger partial charge in [-0.1, -0.05) is 260 Å². The van der Waals surface area contributed by atoms with E-state index < -0.39 is 0 Å². The number of nitrogens with zero attached hydrogens (tertiary/aromatic N) is 2. The third kappa shape index (κ3) is 9.76. The van der Waals surface area contributed by atoms with Gasteiger partial charge in [0.2, 0.25) is 0 Å². The van der Waals surface area contributed by atoms with Crippen molar-refractivity contribution in [3.8, 4) is 61.3 Å². The number of fused-ring (bicyclic) bond motifs is 6. The first-order valence-corrected chi connectivity index (χ1v) is 28.9. The molecule has 2 nitrogen and oxygen atoms in total. The minimum atomic E-state index is -0.198. The SMILES string of the molecule is C=Cc1ccc(-c2ccc3c(c2)c2cc(-c4ccc(C=C)cc4)ccc2n3-c2ccc3c(c2)C(CCCCCC)(CCCCCC)c2cc(N(c4ccccc4-c4ccccc4)c4ccccc4-c4ccccc4)ccc2-3)cc1. The molecular weight excluding hydrogens is 953 g/mol. The Morgan fingerprint density at radius 2 is 0.823 bits per heavy atom. The number of unbranched alkanes of at least 4 members (excludes halogenated alkanes) is 6. The van der Waals surface area contributed by atoms with Crippen LogP contribution in [-0.2, 0) is 5.41 Å². The molecule has 0 N–H and O–H groups in total. The van der Waals surface area contributed by atoms with E-state index in [4.69, 9.17) is 0 Å². The lowest BCUT2D eigenvalue weighted by molar-refractivity contribution is 0.401. The van der Waals surface area contributed by atoms with Crippen molar-refractivity contribution in [1.29, 1.82) is 0 Å². The molecule has 0 saturated heterocycles. The van der Waals surface area contributed by atoms with E-state index in [1.54, 1.807) is 0 Å². The molecule has 12 rings (SSSR count). The molecule has 1 aromatic heterocycles. The van der Waals surface area contributed by atoms with Crippen LogP contribution in [-0.4, -0.2) is 4.57 Å². The van der Waals surface area contributed by atoms with Crippen LogP contribution < -0.4 is 4.90 Å². The van der Waals surface area contributed by atoms with Gasteiger partial charge in [-0.25, -0.2) is 0 Å². The van der Waals surface area contributed by atoms with Crippen molar-refractivity contribution in [3.05, 3.63) is 266 Å². The van der Waals surface area contributed by atoms with Crippen LogP contribution >= 0.6 is 0 Å². The zero-order valence-corrected chi connectivity index (χ0v) is 46.0. The Morgan fingerprint density at radius 3 is 1.30 bits per heavy atom. The van der Waals surface area contributed by atoms with E-state index in [-0.39, 0.29) is 5.41 Å². The average molecular weight is 1020 g/mol. The van der Waals surface area contributed by atoms with E-state index in [1.165, 1.54) is 151 Å². The largest absolute Gasteiger partial charge is 0.309 e. The molecule has 1 aliphatic carbocycles. The first-order chi connectivity index (χ1) is 39.0. The summed E-state index contributed by atoms with van der Waals surface area (Å²) in [5, 5.41) is 2.49. The van der Waals surface area contributed by atoms with Crippen molar-refractivity contribution in [3.63, 3.8) is 0 Å². The Hall–Kier alpha value is -8.72. The van der Waals surface area contributed by atoms with Crippen molar-refractivity contribution in [1.82, 2.24) is 4.57 Å². The van der Waals surface area contributed by atoms with Crippen LogP contribution in [0.3, 0.4) is 0 Å². The number of rotatable bonds is 20. The molecule has 0 saturated carbocycles. The molecule has 0 bridgehead atoms. The van der Waals surface area contributed by atoms with Crippen LogP contribution in [0.4, 0.5) is 17.1 Å². The zero-order chi connectivity index (χ0) is 53.7. The van der Waals surface area contributed by atoms with E-state index in [0.29, 0.717) is 0 Å². The van der Waals surface area contributed by atoms with Crippen LogP contribution in [0.1, 0.15) is 100 Å². The predicted octanol–water partition coefficient (Wildman–Crippen LogP) is 22.4. The quantitative estimate of drug-likeness (QED) is 0.0691. The Balaban J connectivity index is 1.07. The van der Waals surface area contributed by atoms with E-state index >= 15 is 0 Å². The normalized spacial score (nSPS) is 12.4. The molecule has 0 radical (unpaired) electrons. The van der Waals surface area contributed by atoms with Gasteiger partial charge < -0.3 is 9.47 Å². The van der Waals surface area contributed by atoms with Gasteiger partial charge in [-0.3, -0.25) is 0 Å². The third-order valence-corrected chi connectivity index (χ3v) is 16.9. The van der Waals surface area contributed by atoms with E-state index in [1.807, 2.05) is 12.2 Å². The maximum Gasteiger partial charge on any atom is 0.0541 e. The third-order valence-electron chi connectivity index (χ3n) is 16.9. The molecular formula is C77H70N2. The van der Waals surface area contributed by atoms with Crippen molar-refractivity contribution < 1.29 is 0 Å². The summed E-state index contributed by atoms with van der Waals surface area (Å²) in [6.07, 6.45) is 15.7. The maximum absolute atomic E-state index is 4.02. The number of hydrogen-bond acceptors (Lipinski definition) is 1. The number of hydrogen-bond donors (Lipinski definition) is 0. The first kappa shape index (κ1) is 51.1. The summed E-state index contributed by atoms with van der Waals surface area (Å²) < 4.78 is 2.55. The molecule has 0 spiro atoms. The fraction of sp³-hybridized carbons (Fsp3) is 0.169. The smallest absolute Gasteiger partial charge is 0.0541 e. The van der Waals surface area contributed by atoms with Crippen molar-refractivity contribution in [2.24, 2.45) is 0 Å². The van der Waals surface area contributed by atoms with Crippen LogP contribution in [0.25, 0.3) is 95.3 Å². The van der Waals surface area contributed by atoms with Crippen LogP contribution in [0.2, 0.25) is 0 Å². The molecule has 2 heteroatoms. The Morgan fingerprint density at radius 1 is 0.380 bits per heavy atom. The number of aromatic nitrogens is 1. The van der Waals surface area contributed by atoms with Gasteiger partial charge in [-0.2, -0.15) is 0 Å². The molecule has 1 aliphatic rings. The molecule has 1 heterocycles. The highest BCUT2D eigenvalue weighted by Gasteiger charge is 2.43. The van der Waals surface area contributed by atoms with Crippen LogP contribution in [0, 0.1) is 0 Å². The molecule has 0 fully saturated rings. The molecule has 79 heavy (non-hydrogen) atoms. The van der Waals surface area contributed by atoms with Crippen molar-refractivity contribution >= 4 is 51.0 Å². The summed E-state index contributed by atoms with van der Waals surface area (Å²) in [6, 6.07) is 86.5. The summed E-state index contributed by atoms with van der Waals surface area (Å²) in [6.45, 7) is 12.7. The highest BCUT2D eigenvalue weighted by molar-refractivity contribution is 6.12. The molecule has 11 aromatic rings. The molecule has 10 aromatic carbocycles. The Labute approximate surface area is 468 Å². The highest BCUT2D eigenvalue weighted by atomic mass is 15.1. The van der Waals surface area contributed by atoms with Gasteiger partial charge in [0.1, 0.15) is 0 Å². The predicted molar refractivity (Wildman–Crippen MR) is 341 cm³/mol.